The minimum Gasteiger partial charge on any atom is -0.494 e. The molecule has 0 saturated carbocycles. The first-order valence-electron chi connectivity index (χ1n) is 13.4. The molecule has 222 valence electrons. The first-order chi connectivity index (χ1) is 20.1. The summed E-state index contributed by atoms with van der Waals surface area (Å²) in [6.07, 6.45) is 3.33. The number of aryl methyl sites for hydroxylation is 3. The van der Waals surface area contributed by atoms with Crippen molar-refractivity contribution < 1.29 is 28.6 Å². The third kappa shape index (κ3) is 9.34. The number of ether oxygens (including phenoxy) is 3. The van der Waals surface area contributed by atoms with Crippen molar-refractivity contribution in [1.29, 1.82) is 0 Å². The molecular weight excluding hydrogens is 604 g/mol. The number of rotatable bonds is 12. The van der Waals surface area contributed by atoms with Crippen LogP contribution in [0.5, 0.6) is 17.2 Å². The Morgan fingerprint density at radius 1 is 0.929 bits per heavy atom. The van der Waals surface area contributed by atoms with Gasteiger partial charge in [-0.05, 0) is 96.2 Å². The Bertz CT molecular complexity index is 1430. The number of amides is 3. The van der Waals surface area contributed by atoms with Gasteiger partial charge in [-0.2, -0.15) is 5.10 Å². The fourth-order valence-corrected chi connectivity index (χ4v) is 4.59. The number of hydrazone groups is 1. The number of carbonyl (C=O) groups is 3. The highest BCUT2D eigenvalue weighted by Crippen LogP contribution is 2.36. The largest absolute Gasteiger partial charge is 0.494 e. The molecule has 3 rings (SSSR count). The zero-order valence-electron chi connectivity index (χ0n) is 24.3. The van der Waals surface area contributed by atoms with Crippen molar-refractivity contribution >= 4 is 51.2 Å². The molecule has 3 aromatic carbocycles. The molecule has 0 aliphatic rings. The van der Waals surface area contributed by atoms with Gasteiger partial charge in [0.05, 0.1) is 24.4 Å². The number of carbonyl (C=O) groups excluding carboxylic acids is 3. The fraction of sp³-hybridized carbons (Fsp3) is 0.290. The lowest BCUT2D eigenvalue weighted by Gasteiger charge is -2.15. The van der Waals surface area contributed by atoms with E-state index in [2.05, 4.69) is 44.0 Å². The molecular formula is C31H35BrN4O6. The average molecular weight is 640 g/mol. The van der Waals surface area contributed by atoms with Crippen LogP contribution in [0.3, 0.4) is 0 Å². The van der Waals surface area contributed by atoms with Gasteiger partial charge < -0.3 is 24.8 Å². The van der Waals surface area contributed by atoms with Gasteiger partial charge in [0.2, 0.25) is 0 Å². The molecule has 0 aromatic heterocycles. The minimum absolute atomic E-state index is 0.241. The summed E-state index contributed by atoms with van der Waals surface area (Å²) in [5.41, 5.74) is 7.00. The van der Waals surface area contributed by atoms with E-state index in [1.165, 1.54) is 13.3 Å². The molecule has 11 heteroatoms. The Morgan fingerprint density at radius 3 is 2.26 bits per heavy atom. The number of methoxy groups -OCH3 is 1. The van der Waals surface area contributed by atoms with E-state index in [-0.39, 0.29) is 12.5 Å². The van der Waals surface area contributed by atoms with E-state index in [4.69, 9.17) is 14.2 Å². The van der Waals surface area contributed by atoms with Crippen LogP contribution >= 0.6 is 15.9 Å². The molecule has 3 N–H and O–H groups in total. The van der Waals surface area contributed by atoms with Crippen molar-refractivity contribution in [3.63, 3.8) is 0 Å². The maximum absolute atomic E-state index is 12.6. The van der Waals surface area contributed by atoms with Crippen molar-refractivity contribution in [2.24, 2.45) is 5.10 Å². The van der Waals surface area contributed by atoms with E-state index in [9.17, 15) is 14.4 Å². The lowest BCUT2D eigenvalue weighted by atomic mass is 10.1. The number of hydrogen-bond acceptors (Lipinski definition) is 7. The molecule has 42 heavy (non-hydrogen) atoms. The lowest BCUT2D eigenvalue weighted by molar-refractivity contribution is -0.136. The van der Waals surface area contributed by atoms with Crippen LogP contribution in [0, 0.1) is 20.8 Å². The van der Waals surface area contributed by atoms with E-state index in [0.29, 0.717) is 39.6 Å². The smallest absolute Gasteiger partial charge is 0.329 e. The molecule has 0 heterocycles. The summed E-state index contributed by atoms with van der Waals surface area (Å²) in [5, 5.41) is 9.27. The van der Waals surface area contributed by atoms with Crippen molar-refractivity contribution in [1.82, 2.24) is 5.43 Å². The second-order valence-corrected chi connectivity index (χ2v) is 10.4. The Morgan fingerprint density at radius 2 is 1.62 bits per heavy atom. The second-order valence-electron chi connectivity index (χ2n) is 9.52. The highest BCUT2D eigenvalue weighted by molar-refractivity contribution is 9.10. The maximum atomic E-state index is 12.6. The molecule has 0 radical (unpaired) electrons. The molecule has 0 spiro atoms. The third-order valence-electron chi connectivity index (χ3n) is 6.01. The Labute approximate surface area is 253 Å². The van der Waals surface area contributed by atoms with Gasteiger partial charge in [-0.25, -0.2) is 5.43 Å². The molecule has 0 unspecified atom stereocenters. The topological polar surface area (TPSA) is 127 Å². The number of hydrogen-bond donors (Lipinski definition) is 3. The van der Waals surface area contributed by atoms with Gasteiger partial charge in [0.1, 0.15) is 5.75 Å². The van der Waals surface area contributed by atoms with Gasteiger partial charge >= 0.3 is 11.8 Å². The number of unbranched alkanes of at least 4 members (excludes halogenated alkanes) is 1. The highest BCUT2D eigenvalue weighted by atomic mass is 79.9. The van der Waals surface area contributed by atoms with Crippen molar-refractivity contribution in [3.05, 3.63) is 75.3 Å². The number of halogens is 1. The Hall–Kier alpha value is -4.38. The predicted molar refractivity (Wildman–Crippen MR) is 167 cm³/mol. The normalized spacial score (nSPS) is 10.7. The SMILES string of the molecule is CCCCOc1ccc(NC(=O)C(=O)N/N=C\c2cc(Br)c(OCC(=O)Nc3c(C)cc(C)cc3C)c(OC)c2)cc1. The molecule has 0 saturated heterocycles. The van der Waals surface area contributed by atoms with Crippen LogP contribution in [0.2, 0.25) is 0 Å². The Balaban J connectivity index is 1.55. The molecule has 10 nitrogen and oxygen atoms in total. The monoisotopic (exact) mass is 638 g/mol. The summed E-state index contributed by atoms with van der Waals surface area (Å²) in [7, 11) is 1.46. The summed E-state index contributed by atoms with van der Waals surface area (Å²) < 4.78 is 17.3. The molecule has 0 aliphatic carbocycles. The summed E-state index contributed by atoms with van der Waals surface area (Å²) >= 11 is 3.43. The number of anilines is 2. The number of nitrogens with zero attached hydrogens (tertiary/aromatic N) is 1. The van der Waals surface area contributed by atoms with Crippen molar-refractivity contribution in [2.75, 3.05) is 31.0 Å². The van der Waals surface area contributed by atoms with Crippen LogP contribution in [-0.2, 0) is 14.4 Å². The van der Waals surface area contributed by atoms with Crippen LogP contribution < -0.4 is 30.3 Å². The number of nitrogens with one attached hydrogen (secondary N) is 3. The van der Waals surface area contributed by atoms with E-state index >= 15 is 0 Å². The Kier molecular flexibility index (Phi) is 11.9. The summed E-state index contributed by atoms with van der Waals surface area (Å²) in [4.78, 5) is 37.0. The van der Waals surface area contributed by atoms with Gasteiger partial charge in [-0.1, -0.05) is 31.0 Å². The first-order valence-corrected chi connectivity index (χ1v) is 14.2. The highest BCUT2D eigenvalue weighted by Gasteiger charge is 2.16. The summed E-state index contributed by atoms with van der Waals surface area (Å²) in [6, 6.07) is 14.0. The molecule has 0 aliphatic heterocycles. The molecule has 3 aromatic rings. The minimum atomic E-state index is -0.939. The first kappa shape index (κ1) is 32.1. The zero-order valence-corrected chi connectivity index (χ0v) is 25.9. The van der Waals surface area contributed by atoms with Gasteiger partial charge in [-0.3, -0.25) is 14.4 Å². The second kappa shape index (κ2) is 15.6. The predicted octanol–water partition coefficient (Wildman–Crippen LogP) is 5.67. The molecule has 0 fully saturated rings. The third-order valence-corrected chi connectivity index (χ3v) is 6.59. The standard InChI is InChI=1S/C31H35BrN4O6/c1-6-7-12-41-24-10-8-23(9-11-24)34-30(38)31(39)36-33-17-22-15-25(32)29(26(16-22)40-5)42-18-27(37)35-28-20(3)13-19(2)14-21(28)4/h8-11,13-17H,6-7,12,18H2,1-5H3,(H,34,38)(H,35,37)(H,36,39)/b33-17-. The maximum Gasteiger partial charge on any atom is 0.329 e. The molecule has 0 bridgehead atoms. The van der Waals surface area contributed by atoms with Crippen LogP contribution in [0.25, 0.3) is 0 Å². The summed E-state index contributed by atoms with van der Waals surface area (Å²) in [6.45, 7) is 8.34. The zero-order chi connectivity index (χ0) is 30.6. The van der Waals surface area contributed by atoms with E-state index < -0.39 is 11.8 Å². The van der Waals surface area contributed by atoms with E-state index in [1.54, 1.807) is 36.4 Å². The van der Waals surface area contributed by atoms with Gasteiger partial charge in [0.15, 0.2) is 18.1 Å². The van der Waals surface area contributed by atoms with Gasteiger partial charge in [0, 0.05) is 11.4 Å². The average Bonchev–Trinajstić information content (AvgIpc) is 2.95. The van der Waals surface area contributed by atoms with Crippen LogP contribution in [0.15, 0.2) is 58.1 Å². The molecule has 3 amide bonds. The van der Waals surface area contributed by atoms with Crippen LogP contribution in [-0.4, -0.2) is 44.3 Å². The summed E-state index contributed by atoms with van der Waals surface area (Å²) in [5.74, 6) is -0.778. The van der Waals surface area contributed by atoms with Gasteiger partial charge in [-0.15, -0.1) is 0 Å². The van der Waals surface area contributed by atoms with Gasteiger partial charge in [0.25, 0.3) is 5.91 Å². The van der Waals surface area contributed by atoms with Crippen molar-refractivity contribution in [3.8, 4) is 17.2 Å². The van der Waals surface area contributed by atoms with Crippen LogP contribution in [0.4, 0.5) is 11.4 Å². The van der Waals surface area contributed by atoms with Crippen molar-refractivity contribution in [2.45, 2.75) is 40.5 Å². The van der Waals surface area contributed by atoms with Crippen LogP contribution in [0.1, 0.15) is 42.0 Å². The lowest BCUT2D eigenvalue weighted by Crippen LogP contribution is -2.32. The van der Waals surface area contributed by atoms with E-state index in [0.717, 1.165) is 35.2 Å². The number of benzene rings is 3. The molecule has 0 atom stereocenters. The quantitative estimate of drug-likeness (QED) is 0.102. The fourth-order valence-electron chi connectivity index (χ4n) is 4.02. The van der Waals surface area contributed by atoms with E-state index in [1.807, 2.05) is 32.9 Å².